The molecule has 22 heavy (non-hydrogen) atoms. The van der Waals surface area contributed by atoms with E-state index in [9.17, 15) is 9.90 Å². The molecule has 0 saturated carbocycles. The van der Waals surface area contributed by atoms with Crippen LogP contribution in [0.5, 0.6) is 0 Å². The maximum absolute atomic E-state index is 12.2. The second kappa shape index (κ2) is 6.99. The lowest BCUT2D eigenvalue weighted by molar-refractivity contribution is -0.159. The third-order valence-corrected chi connectivity index (χ3v) is 5.31. The van der Waals surface area contributed by atoms with E-state index in [0.29, 0.717) is 24.2 Å². The molecule has 6 atom stereocenters. The van der Waals surface area contributed by atoms with Crippen LogP contribution in [0.25, 0.3) is 0 Å². The molecule has 0 saturated heterocycles. The smallest absolute Gasteiger partial charge is 0.308 e. The van der Waals surface area contributed by atoms with Crippen molar-refractivity contribution < 1.29 is 14.6 Å². The molecule has 1 N–H and O–H groups in total. The summed E-state index contributed by atoms with van der Waals surface area (Å²) in [4.78, 5) is 12.2. The maximum atomic E-state index is 12.2. The summed E-state index contributed by atoms with van der Waals surface area (Å²) in [6.07, 6.45) is 6.84. The first kappa shape index (κ1) is 17.3. The van der Waals surface area contributed by atoms with E-state index in [1.807, 2.05) is 19.9 Å². The Kier molecular flexibility index (Phi) is 5.49. The van der Waals surface area contributed by atoms with Crippen molar-refractivity contribution in [2.24, 2.45) is 29.6 Å². The average molecular weight is 306 g/mol. The second-order valence-electron chi connectivity index (χ2n) is 7.32. The van der Waals surface area contributed by atoms with E-state index in [0.717, 1.165) is 12.0 Å². The largest absolute Gasteiger partial charge is 0.461 e. The normalized spacial score (nSPS) is 35.8. The molecule has 0 aromatic carbocycles. The number of carbonyl (C=O) groups excluding carboxylic acids is 1. The van der Waals surface area contributed by atoms with E-state index < -0.39 is 6.10 Å². The molecular formula is C19H30O3. The van der Waals surface area contributed by atoms with E-state index >= 15 is 0 Å². The SMILES string of the molecule is CCC(C)C(=O)OC1CC(O)C=C2C=CC(C)C(C(C)C)C21. The molecular weight excluding hydrogens is 276 g/mol. The molecule has 0 aromatic rings. The number of esters is 1. The maximum Gasteiger partial charge on any atom is 0.308 e. The molecule has 0 fully saturated rings. The number of hydrogen-bond donors (Lipinski definition) is 1. The lowest BCUT2D eigenvalue weighted by Gasteiger charge is -2.44. The second-order valence-corrected chi connectivity index (χ2v) is 7.32. The van der Waals surface area contributed by atoms with Gasteiger partial charge in [0.2, 0.25) is 0 Å². The molecule has 3 heteroatoms. The summed E-state index contributed by atoms with van der Waals surface area (Å²) in [5.74, 6) is 1.40. The molecule has 0 amide bonds. The Balaban J connectivity index is 2.28. The summed E-state index contributed by atoms with van der Waals surface area (Å²) >= 11 is 0. The summed E-state index contributed by atoms with van der Waals surface area (Å²) < 4.78 is 5.84. The minimum atomic E-state index is -0.521. The third kappa shape index (κ3) is 3.45. The van der Waals surface area contributed by atoms with Crippen LogP contribution in [0.2, 0.25) is 0 Å². The Hall–Kier alpha value is -1.09. The van der Waals surface area contributed by atoms with Crippen molar-refractivity contribution >= 4 is 5.97 Å². The van der Waals surface area contributed by atoms with Gasteiger partial charge >= 0.3 is 5.97 Å². The number of aliphatic hydroxyl groups is 1. The van der Waals surface area contributed by atoms with Crippen molar-refractivity contribution in [1.82, 2.24) is 0 Å². The van der Waals surface area contributed by atoms with Crippen LogP contribution in [0, 0.1) is 29.6 Å². The first-order valence-corrected chi connectivity index (χ1v) is 8.63. The van der Waals surface area contributed by atoms with Crippen molar-refractivity contribution in [1.29, 1.82) is 0 Å². The van der Waals surface area contributed by atoms with E-state index in [-0.39, 0.29) is 23.9 Å². The molecule has 0 aromatic heterocycles. The zero-order valence-corrected chi connectivity index (χ0v) is 14.5. The summed E-state index contributed by atoms with van der Waals surface area (Å²) in [7, 11) is 0. The van der Waals surface area contributed by atoms with Gasteiger partial charge in [-0.1, -0.05) is 52.8 Å². The highest BCUT2D eigenvalue weighted by Crippen LogP contribution is 2.44. The monoisotopic (exact) mass is 306 g/mol. The number of ether oxygens (including phenoxy) is 1. The Labute approximate surface area is 134 Å². The number of rotatable bonds is 4. The predicted molar refractivity (Wildman–Crippen MR) is 88.2 cm³/mol. The van der Waals surface area contributed by atoms with Crippen LogP contribution in [0.4, 0.5) is 0 Å². The van der Waals surface area contributed by atoms with Gasteiger partial charge in [0, 0.05) is 12.3 Å². The lowest BCUT2D eigenvalue weighted by Crippen LogP contribution is -2.44. The molecule has 2 rings (SSSR count). The number of hydrogen-bond acceptors (Lipinski definition) is 3. The number of fused-ring (bicyclic) bond motifs is 1. The number of allylic oxidation sites excluding steroid dienone is 2. The van der Waals surface area contributed by atoms with Crippen molar-refractivity contribution in [3.63, 3.8) is 0 Å². The number of carbonyl (C=O) groups is 1. The van der Waals surface area contributed by atoms with Gasteiger partial charge in [-0.2, -0.15) is 0 Å². The summed E-state index contributed by atoms with van der Waals surface area (Å²) in [5, 5.41) is 10.1. The fourth-order valence-corrected chi connectivity index (χ4v) is 3.93. The van der Waals surface area contributed by atoms with E-state index in [1.54, 1.807) is 0 Å². The lowest BCUT2D eigenvalue weighted by atomic mass is 9.64. The van der Waals surface area contributed by atoms with Crippen molar-refractivity contribution in [2.45, 2.75) is 59.7 Å². The molecule has 0 heterocycles. The highest BCUT2D eigenvalue weighted by atomic mass is 16.5. The first-order valence-electron chi connectivity index (χ1n) is 8.63. The fourth-order valence-electron chi connectivity index (χ4n) is 3.93. The van der Waals surface area contributed by atoms with Crippen LogP contribution in [0.3, 0.4) is 0 Å². The Bertz CT molecular complexity index is 463. The van der Waals surface area contributed by atoms with Crippen LogP contribution < -0.4 is 0 Å². The highest BCUT2D eigenvalue weighted by molar-refractivity contribution is 5.72. The molecule has 2 aliphatic carbocycles. The van der Waals surface area contributed by atoms with E-state index in [4.69, 9.17) is 4.74 Å². The summed E-state index contributed by atoms with van der Waals surface area (Å²) in [6, 6.07) is 0. The molecule has 124 valence electrons. The standard InChI is InChI=1S/C19H30O3/c1-6-12(4)19(21)22-16-10-15(20)9-14-8-7-13(5)17(11(2)3)18(14)16/h7-9,11-13,15-18,20H,6,10H2,1-5H3. The summed E-state index contributed by atoms with van der Waals surface area (Å²) in [5.41, 5.74) is 1.14. The molecule has 3 nitrogen and oxygen atoms in total. The minimum absolute atomic E-state index is 0.0828. The Morgan fingerprint density at radius 2 is 2.09 bits per heavy atom. The summed E-state index contributed by atoms with van der Waals surface area (Å²) in [6.45, 7) is 10.6. The Morgan fingerprint density at radius 1 is 1.41 bits per heavy atom. The van der Waals surface area contributed by atoms with Crippen LogP contribution in [0.15, 0.2) is 23.8 Å². The topological polar surface area (TPSA) is 46.5 Å². The van der Waals surface area contributed by atoms with Crippen molar-refractivity contribution in [3.8, 4) is 0 Å². The van der Waals surface area contributed by atoms with Gasteiger partial charge in [0.1, 0.15) is 6.10 Å². The predicted octanol–water partition coefficient (Wildman–Crippen LogP) is 3.73. The van der Waals surface area contributed by atoms with Crippen LogP contribution in [0.1, 0.15) is 47.5 Å². The van der Waals surface area contributed by atoms with Gasteiger partial charge < -0.3 is 9.84 Å². The molecule has 0 bridgehead atoms. The highest BCUT2D eigenvalue weighted by Gasteiger charge is 2.43. The van der Waals surface area contributed by atoms with E-state index in [2.05, 4.69) is 32.9 Å². The third-order valence-electron chi connectivity index (χ3n) is 5.31. The first-order chi connectivity index (χ1) is 10.3. The molecule has 6 unspecified atom stereocenters. The Morgan fingerprint density at radius 3 is 2.68 bits per heavy atom. The van der Waals surface area contributed by atoms with Crippen molar-refractivity contribution in [3.05, 3.63) is 23.8 Å². The average Bonchev–Trinajstić information content (AvgIpc) is 2.46. The van der Waals surface area contributed by atoms with Gasteiger partial charge in [-0.25, -0.2) is 0 Å². The molecule has 2 aliphatic rings. The van der Waals surface area contributed by atoms with E-state index in [1.165, 1.54) is 0 Å². The van der Waals surface area contributed by atoms with Crippen LogP contribution >= 0.6 is 0 Å². The zero-order chi connectivity index (χ0) is 16.4. The number of aliphatic hydroxyl groups excluding tert-OH is 1. The van der Waals surface area contributed by atoms with Crippen LogP contribution in [-0.4, -0.2) is 23.3 Å². The quantitative estimate of drug-likeness (QED) is 0.805. The van der Waals surface area contributed by atoms with Crippen LogP contribution in [-0.2, 0) is 9.53 Å². The van der Waals surface area contributed by atoms with Crippen molar-refractivity contribution in [2.75, 3.05) is 0 Å². The van der Waals surface area contributed by atoms with Gasteiger partial charge in [0.25, 0.3) is 0 Å². The molecule has 0 spiro atoms. The van der Waals surface area contributed by atoms with Gasteiger partial charge in [-0.05, 0) is 29.7 Å². The fraction of sp³-hybridized carbons (Fsp3) is 0.737. The molecule has 0 radical (unpaired) electrons. The van der Waals surface area contributed by atoms with Gasteiger partial charge in [-0.3, -0.25) is 4.79 Å². The molecule has 0 aliphatic heterocycles. The van der Waals surface area contributed by atoms with Gasteiger partial charge in [0.15, 0.2) is 0 Å². The zero-order valence-electron chi connectivity index (χ0n) is 14.5. The van der Waals surface area contributed by atoms with Gasteiger partial charge in [-0.15, -0.1) is 0 Å². The minimum Gasteiger partial charge on any atom is -0.461 e. The van der Waals surface area contributed by atoms with Gasteiger partial charge in [0.05, 0.1) is 12.0 Å².